The van der Waals surface area contributed by atoms with Gasteiger partial charge < -0.3 is 10.6 Å². The first-order valence-corrected chi connectivity index (χ1v) is 13.7. The molecule has 1 saturated carbocycles. The summed E-state index contributed by atoms with van der Waals surface area (Å²) in [6.07, 6.45) is 13.6. The predicted molar refractivity (Wildman–Crippen MR) is 140 cm³/mol. The van der Waals surface area contributed by atoms with Gasteiger partial charge in [-0.1, -0.05) is 71.9 Å². The van der Waals surface area contributed by atoms with Crippen LogP contribution in [0.15, 0.2) is 24.3 Å². The lowest BCUT2D eigenvalue weighted by Crippen LogP contribution is -2.41. The van der Waals surface area contributed by atoms with Crippen LogP contribution < -0.4 is 10.6 Å². The molecular formula is C29H51N3. The lowest BCUT2D eigenvalue weighted by molar-refractivity contribution is 0.291. The minimum atomic E-state index is 0.307. The molecule has 0 aromatic heterocycles. The fourth-order valence-electron chi connectivity index (χ4n) is 5.86. The Morgan fingerprint density at radius 3 is 2.34 bits per heavy atom. The summed E-state index contributed by atoms with van der Waals surface area (Å²) in [4.78, 5) is 5.32. The first kappa shape index (κ1) is 25.6. The number of likely N-dealkylation sites (tertiary alicyclic amines) is 1. The van der Waals surface area contributed by atoms with Crippen LogP contribution in [-0.4, -0.2) is 43.2 Å². The second-order valence-electron chi connectivity index (χ2n) is 11.7. The molecule has 3 nitrogen and oxygen atoms in total. The smallest absolute Gasteiger partial charge is 0.0429 e. The van der Waals surface area contributed by atoms with Crippen LogP contribution in [-0.2, 0) is 6.42 Å². The number of hydrogen-bond donors (Lipinski definition) is 1. The van der Waals surface area contributed by atoms with Gasteiger partial charge in [-0.2, -0.15) is 0 Å². The van der Waals surface area contributed by atoms with Crippen LogP contribution in [0, 0.1) is 17.8 Å². The van der Waals surface area contributed by atoms with Gasteiger partial charge in [0.25, 0.3) is 0 Å². The van der Waals surface area contributed by atoms with E-state index in [0.29, 0.717) is 18.0 Å². The molecule has 1 aliphatic carbocycles. The third-order valence-corrected chi connectivity index (χ3v) is 7.74. The highest BCUT2D eigenvalue weighted by atomic mass is 15.3. The van der Waals surface area contributed by atoms with E-state index in [2.05, 4.69) is 61.8 Å². The minimum absolute atomic E-state index is 0.307. The molecule has 0 bridgehead atoms. The van der Waals surface area contributed by atoms with Gasteiger partial charge in [0.15, 0.2) is 0 Å². The zero-order valence-electron chi connectivity index (χ0n) is 21.6. The molecule has 3 heteroatoms. The van der Waals surface area contributed by atoms with E-state index in [1.165, 1.54) is 75.6 Å². The van der Waals surface area contributed by atoms with Crippen LogP contribution in [0.1, 0.15) is 91.0 Å². The SMILES string of the molecule is CC(C)CCN(c1ccc(CCC2CCCCC2)cc1)C1CCN(CC(N)CC(C)C)C1. The molecule has 1 saturated heterocycles. The summed E-state index contributed by atoms with van der Waals surface area (Å²) in [6.45, 7) is 13.8. The van der Waals surface area contributed by atoms with Gasteiger partial charge in [0.2, 0.25) is 0 Å². The lowest BCUT2D eigenvalue weighted by Gasteiger charge is -2.32. The standard InChI is InChI=1S/C29H51N3/c1-23(2)16-19-32(29-17-18-31(22-29)21-27(30)20-24(3)4)28-14-12-26(13-15-28)11-10-25-8-6-5-7-9-25/h12-15,23-25,27,29H,5-11,16-22,30H2,1-4H3. The Labute approximate surface area is 199 Å². The molecule has 1 aromatic rings. The Balaban J connectivity index is 1.57. The van der Waals surface area contributed by atoms with E-state index in [1.54, 1.807) is 0 Å². The van der Waals surface area contributed by atoms with Gasteiger partial charge in [-0.3, -0.25) is 4.90 Å². The summed E-state index contributed by atoms with van der Waals surface area (Å²) in [6, 6.07) is 10.6. The summed E-state index contributed by atoms with van der Waals surface area (Å²) in [5, 5.41) is 0. The summed E-state index contributed by atoms with van der Waals surface area (Å²) >= 11 is 0. The molecule has 182 valence electrons. The maximum absolute atomic E-state index is 6.43. The van der Waals surface area contributed by atoms with Crippen molar-refractivity contribution < 1.29 is 0 Å². The van der Waals surface area contributed by atoms with Crippen molar-refractivity contribution in [2.24, 2.45) is 23.5 Å². The van der Waals surface area contributed by atoms with Gasteiger partial charge in [-0.25, -0.2) is 0 Å². The van der Waals surface area contributed by atoms with Crippen molar-refractivity contribution in [2.45, 2.75) is 104 Å². The number of aryl methyl sites for hydroxylation is 1. The molecule has 32 heavy (non-hydrogen) atoms. The third-order valence-electron chi connectivity index (χ3n) is 7.74. The highest BCUT2D eigenvalue weighted by Gasteiger charge is 2.29. The van der Waals surface area contributed by atoms with Crippen molar-refractivity contribution in [1.82, 2.24) is 4.90 Å². The van der Waals surface area contributed by atoms with Crippen molar-refractivity contribution in [2.75, 3.05) is 31.1 Å². The molecule has 2 aliphatic rings. The Kier molecular flexibility index (Phi) is 10.4. The fourth-order valence-corrected chi connectivity index (χ4v) is 5.86. The average molecular weight is 442 g/mol. The van der Waals surface area contributed by atoms with E-state index in [1.807, 2.05) is 0 Å². The van der Waals surface area contributed by atoms with Crippen molar-refractivity contribution in [1.29, 1.82) is 0 Å². The van der Waals surface area contributed by atoms with Gasteiger partial charge in [-0.05, 0) is 67.6 Å². The minimum Gasteiger partial charge on any atom is -0.367 e. The lowest BCUT2D eigenvalue weighted by atomic mass is 9.85. The molecule has 0 radical (unpaired) electrons. The van der Waals surface area contributed by atoms with E-state index < -0.39 is 0 Å². The van der Waals surface area contributed by atoms with Gasteiger partial charge >= 0.3 is 0 Å². The highest BCUT2D eigenvalue weighted by Crippen LogP contribution is 2.29. The Morgan fingerprint density at radius 1 is 0.969 bits per heavy atom. The van der Waals surface area contributed by atoms with Gasteiger partial charge in [0.1, 0.15) is 0 Å². The zero-order valence-corrected chi connectivity index (χ0v) is 21.6. The van der Waals surface area contributed by atoms with E-state index in [4.69, 9.17) is 5.73 Å². The number of nitrogens with two attached hydrogens (primary N) is 1. The molecule has 2 fully saturated rings. The Bertz CT molecular complexity index is 632. The molecule has 0 spiro atoms. The Hall–Kier alpha value is -1.06. The van der Waals surface area contributed by atoms with Gasteiger partial charge in [-0.15, -0.1) is 0 Å². The normalized spacial score (nSPS) is 21.5. The first-order chi connectivity index (χ1) is 15.4. The molecule has 1 aliphatic heterocycles. The van der Waals surface area contributed by atoms with Crippen LogP contribution in [0.5, 0.6) is 0 Å². The molecule has 2 unspecified atom stereocenters. The van der Waals surface area contributed by atoms with E-state index in [0.717, 1.165) is 37.9 Å². The summed E-state index contributed by atoms with van der Waals surface area (Å²) in [7, 11) is 0. The molecular weight excluding hydrogens is 390 g/mol. The molecule has 1 aromatic carbocycles. The van der Waals surface area contributed by atoms with Crippen molar-refractivity contribution in [3.63, 3.8) is 0 Å². The second kappa shape index (κ2) is 13.0. The molecule has 2 atom stereocenters. The first-order valence-electron chi connectivity index (χ1n) is 13.7. The van der Waals surface area contributed by atoms with Crippen LogP contribution >= 0.6 is 0 Å². The highest BCUT2D eigenvalue weighted by molar-refractivity contribution is 5.49. The summed E-state index contributed by atoms with van der Waals surface area (Å²) < 4.78 is 0. The van der Waals surface area contributed by atoms with Crippen molar-refractivity contribution in [3.05, 3.63) is 29.8 Å². The maximum atomic E-state index is 6.43. The second-order valence-corrected chi connectivity index (χ2v) is 11.7. The topological polar surface area (TPSA) is 32.5 Å². The average Bonchev–Trinajstić information content (AvgIpc) is 3.21. The summed E-state index contributed by atoms with van der Waals surface area (Å²) in [5.41, 5.74) is 9.37. The van der Waals surface area contributed by atoms with Crippen LogP contribution in [0.4, 0.5) is 5.69 Å². The van der Waals surface area contributed by atoms with Gasteiger partial charge in [0, 0.05) is 44.0 Å². The summed E-state index contributed by atoms with van der Waals surface area (Å²) in [5.74, 6) is 2.39. The predicted octanol–water partition coefficient (Wildman–Crippen LogP) is 6.50. The Morgan fingerprint density at radius 2 is 1.69 bits per heavy atom. The quantitative estimate of drug-likeness (QED) is 0.402. The number of benzene rings is 1. The zero-order chi connectivity index (χ0) is 22.9. The van der Waals surface area contributed by atoms with Crippen LogP contribution in [0.3, 0.4) is 0 Å². The van der Waals surface area contributed by atoms with Gasteiger partial charge in [0.05, 0.1) is 0 Å². The maximum Gasteiger partial charge on any atom is 0.0429 e. The van der Waals surface area contributed by atoms with Crippen LogP contribution in [0.25, 0.3) is 0 Å². The van der Waals surface area contributed by atoms with E-state index >= 15 is 0 Å². The largest absolute Gasteiger partial charge is 0.367 e. The molecule has 2 N–H and O–H groups in total. The number of hydrogen-bond acceptors (Lipinski definition) is 3. The monoisotopic (exact) mass is 441 g/mol. The molecule has 0 amide bonds. The van der Waals surface area contributed by atoms with Crippen LogP contribution in [0.2, 0.25) is 0 Å². The number of rotatable bonds is 12. The number of nitrogens with zero attached hydrogens (tertiary/aromatic N) is 2. The van der Waals surface area contributed by atoms with E-state index in [9.17, 15) is 0 Å². The number of anilines is 1. The van der Waals surface area contributed by atoms with E-state index in [-0.39, 0.29) is 0 Å². The molecule has 3 rings (SSSR count). The van der Waals surface area contributed by atoms with Crippen molar-refractivity contribution in [3.8, 4) is 0 Å². The van der Waals surface area contributed by atoms with Crippen molar-refractivity contribution >= 4 is 5.69 Å². The molecule has 1 heterocycles. The fraction of sp³-hybridized carbons (Fsp3) is 0.793. The third kappa shape index (κ3) is 8.37.